The molecule has 0 amide bonds. The van der Waals surface area contributed by atoms with Crippen molar-refractivity contribution in [2.45, 2.75) is 31.8 Å². The lowest BCUT2D eigenvalue weighted by molar-refractivity contribution is 0.0600. The van der Waals surface area contributed by atoms with Crippen molar-refractivity contribution in [3.8, 4) is 0 Å². The molecule has 1 aliphatic carbocycles. The van der Waals surface area contributed by atoms with E-state index >= 15 is 0 Å². The molecule has 1 aromatic carbocycles. The van der Waals surface area contributed by atoms with Gasteiger partial charge < -0.3 is 10.5 Å². The summed E-state index contributed by atoms with van der Waals surface area (Å²) in [5, 5.41) is 0.701. The van der Waals surface area contributed by atoms with Gasteiger partial charge in [0.2, 0.25) is 0 Å². The van der Waals surface area contributed by atoms with Crippen molar-refractivity contribution in [3.63, 3.8) is 0 Å². The van der Waals surface area contributed by atoms with Crippen LogP contribution in [0.2, 0.25) is 5.02 Å². The predicted octanol–water partition coefficient (Wildman–Crippen LogP) is 3.11. The number of rotatable bonds is 3. The van der Waals surface area contributed by atoms with Crippen LogP contribution >= 0.6 is 24.0 Å². The van der Waals surface area contributed by atoms with Gasteiger partial charge in [0.15, 0.2) is 0 Å². The van der Waals surface area contributed by atoms with E-state index in [1.165, 1.54) is 20.0 Å². The summed E-state index contributed by atoms with van der Waals surface area (Å²) < 4.78 is 4.78. The molecule has 3 atom stereocenters. The van der Waals surface area contributed by atoms with Crippen LogP contribution in [0, 0.1) is 11.8 Å². The van der Waals surface area contributed by atoms with Crippen LogP contribution in [-0.2, 0) is 11.3 Å². The molecule has 1 saturated heterocycles. The molecule has 3 rings (SSSR count). The molecule has 0 radical (unpaired) electrons. The Morgan fingerprint density at radius 2 is 2.17 bits per heavy atom. The van der Waals surface area contributed by atoms with Gasteiger partial charge in [0.05, 0.1) is 12.7 Å². The van der Waals surface area contributed by atoms with E-state index < -0.39 is 0 Å². The molecule has 2 aliphatic rings. The average molecular weight is 359 g/mol. The highest BCUT2D eigenvalue weighted by molar-refractivity contribution is 6.31. The van der Waals surface area contributed by atoms with Crippen molar-refractivity contribution >= 4 is 30.0 Å². The molecule has 4 nitrogen and oxygen atoms in total. The second kappa shape index (κ2) is 7.84. The first-order chi connectivity index (χ1) is 10.6. The summed E-state index contributed by atoms with van der Waals surface area (Å²) in [5.74, 6) is 0.998. The van der Waals surface area contributed by atoms with Gasteiger partial charge in [-0.05, 0) is 48.4 Å². The summed E-state index contributed by atoms with van der Waals surface area (Å²) in [7, 11) is 1.39. The van der Waals surface area contributed by atoms with Crippen molar-refractivity contribution in [1.29, 1.82) is 0 Å². The van der Waals surface area contributed by atoms with Crippen LogP contribution in [-0.4, -0.2) is 37.1 Å². The zero-order valence-corrected chi connectivity index (χ0v) is 14.9. The third-order valence-corrected chi connectivity index (χ3v) is 5.46. The van der Waals surface area contributed by atoms with E-state index in [0.29, 0.717) is 28.5 Å². The first-order valence-corrected chi connectivity index (χ1v) is 8.31. The Hall–Kier alpha value is -0.810. The van der Waals surface area contributed by atoms with Crippen molar-refractivity contribution in [3.05, 3.63) is 34.3 Å². The summed E-state index contributed by atoms with van der Waals surface area (Å²) in [6.07, 6.45) is 3.67. The molecule has 1 heterocycles. The van der Waals surface area contributed by atoms with Crippen LogP contribution < -0.4 is 5.73 Å². The first-order valence-electron chi connectivity index (χ1n) is 7.93. The Balaban J connectivity index is 0.00000192. The molecule has 0 spiro atoms. The van der Waals surface area contributed by atoms with Gasteiger partial charge in [0.25, 0.3) is 0 Å². The SMILES string of the molecule is COC(=O)c1ccc(Cl)c(CN2CC3CCCC(N)C3C2)c1.Cl. The molecule has 2 fully saturated rings. The van der Waals surface area contributed by atoms with Gasteiger partial charge in [-0.1, -0.05) is 18.0 Å². The van der Waals surface area contributed by atoms with Crippen molar-refractivity contribution < 1.29 is 9.53 Å². The number of hydrogen-bond donors (Lipinski definition) is 1. The van der Waals surface area contributed by atoms with Crippen LogP contribution in [0.1, 0.15) is 35.2 Å². The van der Waals surface area contributed by atoms with E-state index in [1.807, 2.05) is 6.07 Å². The number of carbonyl (C=O) groups is 1. The molecule has 1 saturated carbocycles. The van der Waals surface area contributed by atoms with Crippen LogP contribution in [0.15, 0.2) is 18.2 Å². The number of esters is 1. The number of fused-ring (bicyclic) bond motifs is 1. The number of halogens is 2. The van der Waals surface area contributed by atoms with Crippen LogP contribution in [0.25, 0.3) is 0 Å². The van der Waals surface area contributed by atoms with Gasteiger partial charge in [0, 0.05) is 30.7 Å². The molecule has 3 unspecified atom stereocenters. The lowest BCUT2D eigenvalue weighted by atomic mass is 9.78. The smallest absolute Gasteiger partial charge is 0.337 e. The van der Waals surface area contributed by atoms with Gasteiger partial charge in [-0.2, -0.15) is 0 Å². The number of benzene rings is 1. The Kier molecular flexibility index (Phi) is 6.32. The van der Waals surface area contributed by atoms with E-state index in [1.54, 1.807) is 12.1 Å². The number of nitrogens with zero attached hydrogens (tertiary/aromatic N) is 1. The maximum atomic E-state index is 11.7. The average Bonchev–Trinajstić information content (AvgIpc) is 2.93. The van der Waals surface area contributed by atoms with Gasteiger partial charge in [0.1, 0.15) is 0 Å². The quantitative estimate of drug-likeness (QED) is 0.843. The minimum Gasteiger partial charge on any atom is -0.465 e. The van der Waals surface area contributed by atoms with Crippen molar-refractivity contribution in [2.24, 2.45) is 17.6 Å². The fourth-order valence-electron chi connectivity index (χ4n) is 3.92. The van der Waals surface area contributed by atoms with Crippen molar-refractivity contribution in [1.82, 2.24) is 4.90 Å². The molecular formula is C17H24Cl2N2O2. The van der Waals surface area contributed by atoms with Crippen LogP contribution in [0.3, 0.4) is 0 Å². The Labute approximate surface area is 148 Å². The summed E-state index contributed by atoms with van der Waals surface area (Å²) in [6.45, 7) is 2.88. The third-order valence-electron chi connectivity index (χ3n) is 5.09. The predicted molar refractivity (Wildman–Crippen MR) is 94.1 cm³/mol. The number of nitrogens with two attached hydrogens (primary N) is 1. The lowest BCUT2D eigenvalue weighted by Gasteiger charge is -2.29. The van der Waals surface area contributed by atoms with Gasteiger partial charge in [-0.15, -0.1) is 12.4 Å². The van der Waals surface area contributed by atoms with E-state index in [4.69, 9.17) is 22.1 Å². The number of methoxy groups -OCH3 is 1. The molecule has 1 aliphatic heterocycles. The number of ether oxygens (including phenoxy) is 1. The van der Waals surface area contributed by atoms with E-state index in [-0.39, 0.29) is 18.4 Å². The number of carbonyl (C=O) groups excluding carboxylic acids is 1. The largest absolute Gasteiger partial charge is 0.465 e. The monoisotopic (exact) mass is 358 g/mol. The highest BCUT2D eigenvalue weighted by Crippen LogP contribution is 2.36. The lowest BCUT2D eigenvalue weighted by Crippen LogP contribution is -2.38. The summed E-state index contributed by atoms with van der Waals surface area (Å²) in [4.78, 5) is 14.1. The molecule has 2 N–H and O–H groups in total. The highest BCUT2D eigenvalue weighted by Gasteiger charge is 2.38. The Morgan fingerprint density at radius 1 is 1.39 bits per heavy atom. The Morgan fingerprint density at radius 3 is 2.87 bits per heavy atom. The van der Waals surface area contributed by atoms with Crippen LogP contribution in [0.5, 0.6) is 0 Å². The number of hydrogen-bond acceptors (Lipinski definition) is 4. The zero-order chi connectivity index (χ0) is 15.7. The highest BCUT2D eigenvalue weighted by atomic mass is 35.5. The van der Waals surface area contributed by atoms with E-state index in [9.17, 15) is 4.79 Å². The first kappa shape index (κ1) is 18.5. The molecular weight excluding hydrogens is 335 g/mol. The molecule has 1 aromatic rings. The Bertz CT molecular complexity index is 568. The minimum atomic E-state index is -0.324. The van der Waals surface area contributed by atoms with Gasteiger partial charge in [-0.25, -0.2) is 4.79 Å². The molecule has 0 bridgehead atoms. The third kappa shape index (κ3) is 4.00. The molecule has 0 aromatic heterocycles. The summed E-state index contributed by atoms with van der Waals surface area (Å²) in [5.41, 5.74) is 7.81. The van der Waals surface area contributed by atoms with E-state index in [2.05, 4.69) is 4.90 Å². The minimum absolute atomic E-state index is 0. The normalized spacial score (nSPS) is 27.2. The van der Waals surface area contributed by atoms with E-state index in [0.717, 1.165) is 31.6 Å². The van der Waals surface area contributed by atoms with Gasteiger partial charge >= 0.3 is 5.97 Å². The maximum Gasteiger partial charge on any atom is 0.337 e. The second-order valence-corrected chi connectivity index (χ2v) is 6.92. The molecule has 23 heavy (non-hydrogen) atoms. The zero-order valence-electron chi connectivity index (χ0n) is 13.3. The summed E-state index contributed by atoms with van der Waals surface area (Å²) in [6, 6.07) is 5.66. The topological polar surface area (TPSA) is 55.6 Å². The fourth-order valence-corrected chi connectivity index (χ4v) is 4.10. The fraction of sp³-hybridized carbons (Fsp3) is 0.588. The van der Waals surface area contributed by atoms with Gasteiger partial charge in [-0.3, -0.25) is 4.90 Å². The number of likely N-dealkylation sites (tertiary alicyclic amines) is 1. The standard InChI is InChI=1S/C17H23ClN2O2.ClH/c1-22-17(21)11-5-6-15(18)13(7-11)9-20-8-12-3-2-4-16(19)14(12)10-20;/h5-7,12,14,16H,2-4,8-10,19H2,1H3;1H. The van der Waals surface area contributed by atoms with Crippen molar-refractivity contribution in [2.75, 3.05) is 20.2 Å². The summed E-state index contributed by atoms with van der Waals surface area (Å²) >= 11 is 6.30. The second-order valence-electron chi connectivity index (χ2n) is 6.51. The maximum absolute atomic E-state index is 11.7. The van der Waals surface area contributed by atoms with Crippen LogP contribution in [0.4, 0.5) is 0 Å². The molecule has 128 valence electrons. The molecule has 6 heteroatoms.